The Hall–Kier alpha value is -3.89. The zero-order valence-corrected chi connectivity index (χ0v) is 23.0. The summed E-state index contributed by atoms with van der Waals surface area (Å²) in [7, 11) is 1.60. The first-order chi connectivity index (χ1) is 18.9. The molecule has 5 rings (SSSR count). The Morgan fingerprint density at radius 1 is 1.08 bits per heavy atom. The minimum atomic E-state index is -0.275. The largest absolute Gasteiger partial charge is 0.383 e. The molecule has 204 valence electrons. The predicted octanol–water partition coefficient (Wildman–Crippen LogP) is 4.13. The first kappa shape index (κ1) is 26.7. The Bertz CT molecular complexity index is 1550. The molecule has 0 unspecified atom stereocenters. The molecule has 0 saturated carbocycles. The number of benzene rings is 2. The van der Waals surface area contributed by atoms with E-state index in [1.807, 2.05) is 54.3 Å². The van der Waals surface area contributed by atoms with E-state index in [1.54, 1.807) is 7.11 Å². The van der Waals surface area contributed by atoms with E-state index < -0.39 is 0 Å². The summed E-state index contributed by atoms with van der Waals surface area (Å²) in [6.45, 7) is 3.45. The van der Waals surface area contributed by atoms with E-state index in [1.165, 1.54) is 16.2 Å². The highest BCUT2D eigenvalue weighted by molar-refractivity contribution is 7.17. The van der Waals surface area contributed by atoms with Crippen LogP contribution in [0.1, 0.15) is 44.8 Å². The number of nitrogens with one attached hydrogen (secondary N) is 4. The van der Waals surface area contributed by atoms with Gasteiger partial charge in [0.25, 0.3) is 5.91 Å². The summed E-state index contributed by atoms with van der Waals surface area (Å²) >= 11 is 1.51. The number of fused-ring (bicyclic) bond motifs is 2. The first-order valence-corrected chi connectivity index (χ1v) is 14.0. The lowest BCUT2D eigenvalue weighted by Gasteiger charge is -2.25. The van der Waals surface area contributed by atoms with Crippen molar-refractivity contribution in [1.82, 2.24) is 15.3 Å². The van der Waals surface area contributed by atoms with Gasteiger partial charge in [-0.3, -0.25) is 9.59 Å². The molecule has 0 spiro atoms. The minimum absolute atomic E-state index is 0.0712. The van der Waals surface area contributed by atoms with Gasteiger partial charge in [0.05, 0.1) is 29.7 Å². The summed E-state index contributed by atoms with van der Waals surface area (Å²) in [5.74, 6) is -0.392. The lowest BCUT2D eigenvalue weighted by Crippen LogP contribution is -2.34. The molecule has 1 aliphatic rings. The molecule has 2 amide bonds. The standard InChI is InChI=1S/C29H33N5O4S/c1-18-7-3-4-8-19(18)16-34(20-11-12-22-23(15-20)32-29(37)31-22)17-25(35)33-28-26(27(36)30-13-14-38-2)21-9-5-6-10-24(21)39-28/h3-4,7-8,11-12,15H,5-6,9-10,13-14,16-17H2,1-2H3,(H,30,36)(H,33,35)(H2,31,32,37). The third-order valence-corrected chi connectivity index (χ3v) is 8.27. The Morgan fingerprint density at radius 3 is 2.69 bits per heavy atom. The summed E-state index contributed by atoms with van der Waals surface area (Å²) in [5.41, 5.74) is 5.76. The number of hydrogen-bond donors (Lipinski definition) is 4. The number of methoxy groups -OCH3 is 1. The Balaban J connectivity index is 1.42. The first-order valence-electron chi connectivity index (χ1n) is 13.2. The van der Waals surface area contributed by atoms with Crippen molar-refractivity contribution in [2.45, 2.75) is 39.2 Å². The highest BCUT2D eigenvalue weighted by Crippen LogP contribution is 2.38. The van der Waals surface area contributed by atoms with Gasteiger partial charge in [-0.15, -0.1) is 11.3 Å². The van der Waals surface area contributed by atoms with Crippen LogP contribution < -0.4 is 21.2 Å². The molecule has 2 aromatic heterocycles. The SMILES string of the molecule is COCCNC(=O)c1c(NC(=O)CN(Cc2ccccc2C)c2ccc3[nH]c(=O)[nH]c3c2)sc2c1CCCC2. The highest BCUT2D eigenvalue weighted by atomic mass is 32.1. The number of amides is 2. The van der Waals surface area contributed by atoms with Gasteiger partial charge >= 0.3 is 5.69 Å². The maximum atomic E-state index is 13.5. The van der Waals surface area contributed by atoms with Crippen molar-refractivity contribution in [2.24, 2.45) is 0 Å². The lowest BCUT2D eigenvalue weighted by atomic mass is 9.95. The molecular formula is C29H33N5O4S. The second-order valence-corrected chi connectivity index (χ2v) is 10.9. The predicted molar refractivity (Wildman–Crippen MR) is 155 cm³/mol. The number of aromatic amines is 2. The van der Waals surface area contributed by atoms with Crippen molar-refractivity contribution < 1.29 is 14.3 Å². The molecule has 0 radical (unpaired) electrons. The number of anilines is 2. The molecular weight excluding hydrogens is 514 g/mol. The molecule has 9 nitrogen and oxygen atoms in total. The summed E-state index contributed by atoms with van der Waals surface area (Å²) in [6, 6.07) is 13.7. The number of carbonyl (C=O) groups is 2. The molecule has 4 N–H and O–H groups in total. The van der Waals surface area contributed by atoms with Gasteiger partial charge < -0.3 is 30.2 Å². The Labute approximate surface area is 230 Å². The number of aryl methyl sites for hydroxylation is 2. The lowest BCUT2D eigenvalue weighted by molar-refractivity contribution is -0.115. The van der Waals surface area contributed by atoms with Crippen molar-refractivity contribution in [3.8, 4) is 0 Å². The van der Waals surface area contributed by atoms with E-state index in [9.17, 15) is 14.4 Å². The zero-order chi connectivity index (χ0) is 27.4. The topological polar surface area (TPSA) is 119 Å². The number of hydrogen-bond acceptors (Lipinski definition) is 6. The van der Waals surface area contributed by atoms with Crippen LogP contribution in [0.4, 0.5) is 10.7 Å². The fourth-order valence-electron chi connectivity index (χ4n) is 5.04. The van der Waals surface area contributed by atoms with Gasteiger partial charge in [-0.1, -0.05) is 24.3 Å². The van der Waals surface area contributed by atoms with Crippen LogP contribution in [0.15, 0.2) is 47.3 Å². The zero-order valence-electron chi connectivity index (χ0n) is 22.2. The third-order valence-electron chi connectivity index (χ3n) is 7.06. The average Bonchev–Trinajstić information content (AvgIpc) is 3.47. The quantitative estimate of drug-likeness (QED) is 0.223. The van der Waals surface area contributed by atoms with Crippen molar-refractivity contribution in [3.63, 3.8) is 0 Å². The number of H-pyrrole nitrogens is 2. The van der Waals surface area contributed by atoms with E-state index in [2.05, 4.69) is 20.6 Å². The van der Waals surface area contributed by atoms with E-state index in [-0.39, 0.29) is 24.0 Å². The Morgan fingerprint density at radius 2 is 1.87 bits per heavy atom. The highest BCUT2D eigenvalue weighted by Gasteiger charge is 2.27. The fraction of sp³-hybridized carbons (Fsp3) is 0.345. The summed E-state index contributed by atoms with van der Waals surface area (Å²) in [6.07, 6.45) is 3.87. The normalized spacial score (nSPS) is 12.8. The molecule has 1 aliphatic carbocycles. The molecule has 0 aliphatic heterocycles. The third kappa shape index (κ3) is 6.07. The van der Waals surface area contributed by atoms with Gasteiger partial charge in [0.1, 0.15) is 5.00 Å². The summed E-state index contributed by atoms with van der Waals surface area (Å²) in [5, 5.41) is 6.59. The van der Waals surface area contributed by atoms with E-state index in [0.717, 1.165) is 48.1 Å². The Kier molecular flexibility index (Phi) is 8.13. The molecule has 2 heterocycles. The van der Waals surface area contributed by atoms with Gasteiger partial charge in [0.15, 0.2) is 0 Å². The molecule has 0 atom stereocenters. The van der Waals surface area contributed by atoms with Crippen LogP contribution in [0.25, 0.3) is 11.0 Å². The van der Waals surface area contributed by atoms with Gasteiger partial charge in [-0.2, -0.15) is 0 Å². The fourth-order valence-corrected chi connectivity index (χ4v) is 6.34. The minimum Gasteiger partial charge on any atom is -0.383 e. The number of imidazole rings is 1. The maximum Gasteiger partial charge on any atom is 0.323 e. The smallest absolute Gasteiger partial charge is 0.323 e. The number of carbonyl (C=O) groups excluding carboxylic acids is 2. The molecule has 39 heavy (non-hydrogen) atoms. The van der Waals surface area contributed by atoms with Crippen LogP contribution in [0.5, 0.6) is 0 Å². The average molecular weight is 548 g/mol. The molecule has 4 aromatic rings. The van der Waals surface area contributed by atoms with Crippen molar-refractivity contribution >= 4 is 44.9 Å². The van der Waals surface area contributed by atoms with Crippen molar-refractivity contribution in [2.75, 3.05) is 37.0 Å². The molecule has 0 saturated heterocycles. The van der Waals surface area contributed by atoms with Crippen LogP contribution in [0.2, 0.25) is 0 Å². The van der Waals surface area contributed by atoms with Gasteiger partial charge in [-0.05, 0) is 67.5 Å². The monoisotopic (exact) mass is 547 g/mol. The van der Waals surface area contributed by atoms with Crippen molar-refractivity contribution in [1.29, 1.82) is 0 Å². The maximum absolute atomic E-state index is 13.5. The number of aromatic nitrogens is 2. The second-order valence-electron chi connectivity index (χ2n) is 9.80. The van der Waals surface area contributed by atoms with Crippen LogP contribution in [-0.4, -0.2) is 48.6 Å². The molecule has 0 bridgehead atoms. The van der Waals surface area contributed by atoms with Gasteiger partial charge in [0.2, 0.25) is 5.91 Å². The van der Waals surface area contributed by atoms with E-state index >= 15 is 0 Å². The van der Waals surface area contributed by atoms with Gasteiger partial charge in [-0.25, -0.2) is 4.79 Å². The van der Waals surface area contributed by atoms with Crippen LogP contribution in [0.3, 0.4) is 0 Å². The number of ether oxygens (including phenoxy) is 1. The summed E-state index contributed by atoms with van der Waals surface area (Å²) in [4.78, 5) is 47.2. The van der Waals surface area contributed by atoms with Crippen LogP contribution >= 0.6 is 11.3 Å². The number of nitrogens with zero attached hydrogens (tertiary/aromatic N) is 1. The molecule has 2 aromatic carbocycles. The number of thiophene rings is 1. The second kappa shape index (κ2) is 11.9. The van der Waals surface area contributed by atoms with Gasteiger partial charge in [0, 0.05) is 30.8 Å². The van der Waals surface area contributed by atoms with Crippen LogP contribution in [-0.2, 0) is 28.9 Å². The molecule has 0 fully saturated rings. The molecule has 10 heteroatoms. The summed E-state index contributed by atoms with van der Waals surface area (Å²) < 4.78 is 5.08. The van der Waals surface area contributed by atoms with E-state index in [4.69, 9.17) is 4.74 Å². The van der Waals surface area contributed by atoms with Crippen molar-refractivity contribution in [3.05, 3.63) is 80.1 Å². The number of rotatable bonds is 10. The van der Waals surface area contributed by atoms with Crippen LogP contribution in [0, 0.1) is 6.92 Å². The van der Waals surface area contributed by atoms with E-state index in [0.29, 0.717) is 41.3 Å².